The van der Waals surface area contributed by atoms with Crippen LogP contribution in [0.25, 0.3) is 0 Å². The van der Waals surface area contributed by atoms with Crippen molar-refractivity contribution < 1.29 is 33.3 Å². The molecular formula is C52H76Br2ClN3O7. The van der Waals surface area contributed by atoms with Gasteiger partial charge in [-0.1, -0.05) is 103 Å². The molecule has 0 amide bonds. The molecule has 4 aromatic rings. The number of nitrogens with one attached hydrogen (secondary N) is 1. The lowest BCUT2D eigenvalue weighted by atomic mass is 10.2. The van der Waals surface area contributed by atoms with E-state index in [9.17, 15) is 9.59 Å². The summed E-state index contributed by atoms with van der Waals surface area (Å²) >= 11 is 11.3. The molecule has 6 aliphatic rings. The lowest BCUT2D eigenvalue weighted by molar-refractivity contribution is -0.0443. The van der Waals surface area contributed by atoms with Gasteiger partial charge in [0.25, 0.3) is 0 Å². The van der Waals surface area contributed by atoms with Gasteiger partial charge in [0.05, 0.1) is 26.4 Å². The first-order valence-electron chi connectivity index (χ1n) is 21.8. The summed E-state index contributed by atoms with van der Waals surface area (Å²) < 4.78 is 28.7. The van der Waals surface area contributed by atoms with Crippen molar-refractivity contribution in [3.8, 4) is 0 Å². The third kappa shape index (κ3) is 23.4. The van der Waals surface area contributed by atoms with Crippen LogP contribution in [-0.4, -0.2) is 97.9 Å². The second-order valence-corrected chi connectivity index (χ2v) is 16.7. The smallest absolute Gasteiger partial charge is 0.184 e. The Hall–Kier alpha value is -3.17. The van der Waals surface area contributed by atoms with Gasteiger partial charge in [0.2, 0.25) is 0 Å². The van der Waals surface area contributed by atoms with Crippen molar-refractivity contribution in [3.63, 3.8) is 0 Å². The molecule has 10 nitrogen and oxygen atoms in total. The molecule has 362 valence electrons. The number of aldehydes is 2. The van der Waals surface area contributed by atoms with Gasteiger partial charge in [0.15, 0.2) is 12.6 Å². The van der Waals surface area contributed by atoms with Crippen LogP contribution in [0.3, 0.4) is 0 Å². The Labute approximate surface area is 413 Å². The van der Waals surface area contributed by atoms with E-state index in [2.05, 4.69) is 88.9 Å². The van der Waals surface area contributed by atoms with Gasteiger partial charge in [-0.05, 0) is 113 Å². The van der Waals surface area contributed by atoms with Gasteiger partial charge in [-0.2, -0.15) is 0 Å². The number of ether oxygens (including phenoxy) is 5. The van der Waals surface area contributed by atoms with Gasteiger partial charge in [-0.15, -0.1) is 11.6 Å². The normalized spacial score (nSPS) is 17.0. The van der Waals surface area contributed by atoms with E-state index in [0.29, 0.717) is 32.0 Å². The molecule has 0 aliphatic carbocycles. The van der Waals surface area contributed by atoms with E-state index >= 15 is 0 Å². The van der Waals surface area contributed by atoms with Crippen molar-refractivity contribution in [1.29, 1.82) is 0 Å². The van der Waals surface area contributed by atoms with Crippen molar-refractivity contribution in [1.82, 2.24) is 5.32 Å². The van der Waals surface area contributed by atoms with E-state index in [1.165, 1.54) is 95.3 Å². The lowest BCUT2D eigenvalue weighted by Crippen LogP contribution is -2.17. The fourth-order valence-corrected chi connectivity index (χ4v) is 7.92. The highest BCUT2D eigenvalue weighted by Crippen LogP contribution is 2.29. The molecule has 6 heterocycles. The zero-order valence-corrected chi connectivity index (χ0v) is 40.0. The predicted molar refractivity (Wildman–Crippen MR) is 278 cm³/mol. The number of hydrogen-bond donors (Lipinski definition) is 1. The van der Waals surface area contributed by atoms with E-state index in [-0.39, 0.29) is 34.9 Å². The van der Waals surface area contributed by atoms with Crippen molar-refractivity contribution in [2.45, 2.75) is 86.2 Å². The Bertz CT molecular complexity index is 1750. The third-order valence-electron chi connectivity index (χ3n) is 10.2. The van der Waals surface area contributed by atoms with Crippen LogP contribution < -0.4 is 15.1 Å². The molecule has 10 rings (SSSR count). The summed E-state index contributed by atoms with van der Waals surface area (Å²) in [5.41, 5.74) is 6.16. The molecule has 6 fully saturated rings. The summed E-state index contributed by atoms with van der Waals surface area (Å²) in [6, 6.07) is 31.6. The third-order valence-corrected chi connectivity index (χ3v) is 11.2. The van der Waals surface area contributed by atoms with Gasteiger partial charge in [0, 0.05) is 88.3 Å². The highest BCUT2D eigenvalue weighted by atomic mass is 79.9. The minimum atomic E-state index is -0.164. The van der Waals surface area contributed by atoms with Crippen LogP contribution in [0.5, 0.6) is 0 Å². The van der Waals surface area contributed by atoms with E-state index in [1.54, 1.807) is 12.1 Å². The standard InChI is InChI=1S/C13H17NO2.C11H13NO.C9H9BrO2.C7H5BrO.C4H9N.C4H8O.CH3Cl.3CH4/c1-2-7-14(6-1)12-5-3-4-11(10-12)13-15-8-9-16-13;13-9-10-4-3-5-11(8-10)12-6-1-2-7-12;10-8-3-1-2-7(6-8)9-11-4-5-12-9;8-7-3-1-2-6(4-7)5-9;2*1-2-4-5-3-1;1-2;;;/h3-5,10,13H,1-2,6-9H2;3-5,8-9H,1-2,6-7H2;1-3,6,9H,4-5H2;1-5H;5H,1-4H2;1-4H2;1H3;3*1H4. The molecule has 6 saturated heterocycles. The monoisotopic (exact) mass is 1050 g/mol. The van der Waals surface area contributed by atoms with Gasteiger partial charge >= 0.3 is 0 Å². The molecule has 65 heavy (non-hydrogen) atoms. The quantitative estimate of drug-likeness (QED) is 0.148. The van der Waals surface area contributed by atoms with E-state index in [1.807, 2.05) is 54.6 Å². The summed E-state index contributed by atoms with van der Waals surface area (Å²) in [5.74, 6) is 0. The van der Waals surface area contributed by atoms with Crippen molar-refractivity contribution >= 4 is 67.4 Å². The molecule has 1 N–H and O–H groups in total. The van der Waals surface area contributed by atoms with Gasteiger partial charge in [-0.25, -0.2) is 0 Å². The number of halogens is 3. The van der Waals surface area contributed by atoms with Crippen molar-refractivity contribution in [2.75, 3.05) is 95.1 Å². The van der Waals surface area contributed by atoms with E-state index in [0.717, 1.165) is 64.5 Å². The van der Waals surface area contributed by atoms with Crippen molar-refractivity contribution in [2.24, 2.45) is 0 Å². The molecular weight excluding hydrogens is 974 g/mol. The zero-order chi connectivity index (χ0) is 44.0. The minimum absolute atomic E-state index is 0. The molecule has 0 atom stereocenters. The van der Waals surface area contributed by atoms with Gasteiger partial charge < -0.3 is 38.8 Å². The van der Waals surface area contributed by atoms with Crippen LogP contribution in [0.2, 0.25) is 0 Å². The van der Waals surface area contributed by atoms with Gasteiger partial charge in [-0.3, -0.25) is 9.59 Å². The molecule has 4 aromatic carbocycles. The van der Waals surface area contributed by atoms with Crippen LogP contribution in [0.4, 0.5) is 11.4 Å². The minimum Gasteiger partial charge on any atom is -0.381 e. The van der Waals surface area contributed by atoms with Crippen LogP contribution in [0.1, 0.15) is 118 Å². The number of alkyl halides is 1. The number of rotatable bonds is 6. The summed E-state index contributed by atoms with van der Waals surface area (Å²) in [5, 5.41) is 3.22. The highest BCUT2D eigenvalue weighted by molar-refractivity contribution is 9.10. The maximum absolute atomic E-state index is 10.6. The molecule has 0 aromatic heterocycles. The Morgan fingerprint density at radius 1 is 0.508 bits per heavy atom. The number of benzene rings is 4. The SMILES string of the molecule is Brc1cccc(C2OCCO2)c1.C.C.C.C1CCNC1.C1CCOC1.CCl.O=Cc1cccc(Br)c1.O=Cc1cccc(N2CCCC2)c1.c1cc(C2OCCO2)cc(N2CCCC2)c1. The Morgan fingerprint density at radius 3 is 1.29 bits per heavy atom. The molecule has 0 bridgehead atoms. The summed E-state index contributed by atoms with van der Waals surface area (Å²) in [6.45, 7) is 11.9. The largest absolute Gasteiger partial charge is 0.381 e. The average Bonchev–Trinajstić information content (AvgIpc) is 4.19. The van der Waals surface area contributed by atoms with Crippen LogP contribution >= 0.6 is 43.5 Å². The van der Waals surface area contributed by atoms with Crippen LogP contribution in [0, 0.1) is 0 Å². The van der Waals surface area contributed by atoms with E-state index in [4.69, 9.17) is 23.7 Å². The number of anilines is 2. The molecule has 6 aliphatic heterocycles. The molecule has 0 radical (unpaired) electrons. The Balaban J connectivity index is 0.000000398. The average molecular weight is 1050 g/mol. The van der Waals surface area contributed by atoms with Gasteiger partial charge in [0.1, 0.15) is 12.6 Å². The summed E-state index contributed by atoms with van der Waals surface area (Å²) in [7, 11) is 0. The number of hydrogen-bond acceptors (Lipinski definition) is 10. The van der Waals surface area contributed by atoms with Crippen molar-refractivity contribution in [3.05, 3.63) is 128 Å². The maximum Gasteiger partial charge on any atom is 0.184 e. The molecule has 0 unspecified atom stereocenters. The number of carbonyl (C=O) groups is 2. The Morgan fingerprint density at radius 2 is 0.908 bits per heavy atom. The second kappa shape index (κ2) is 36.9. The first kappa shape index (κ1) is 59.8. The van der Waals surface area contributed by atoms with E-state index < -0.39 is 0 Å². The molecule has 0 saturated carbocycles. The fraction of sp³-hybridized carbons (Fsp3) is 0.500. The maximum atomic E-state index is 10.6. The first-order valence-corrected chi connectivity index (χ1v) is 24.1. The molecule has 13 heteroatoms. The van der Waals surface area contributed by atoms with Crippen LogP contribution in [-0.2, 0) is 23.7 Å². The predicted octanol–water partition coefficient (Wildman–Crippen LogP) is 13.1. The topological polar surface area (TPSA) is 98.8 Å². The number of nitrogens with zero attached hydrogens (tertiary/aromatic N) is 2. The van der Waals surface area contributed by atoms with Crippen LogP contribution in [0.15, 0.2) is 106 Å². The Kier molecular flexibility index (Phi) is 34.0. The summed E-state index contributed by atoms with van der Waals surface area (Å²) in [6.07, 6.45) is 13.4. The fourth-order valence-electron chi connectivity index (χ4n) is 7.08. The highest BCUT2D eigenvalue weighted by Gasteiger charge is 2.20. The molecule has 0 spiro atoms. The first-order chi connectivity index (χ1) is 30.5. The zero-order valence-electron chi connectivity index (χ0n) is 36.1. The lowest BCUT2D eigenvalue weighted by Gasteiger charge is -2.19. The second-order valence-electron chi connectivity index (χ2n) is 14.8. The summed E-state index contributed by atoms with van der Waals surface area (Å²) in [4.78, 5) is 25.4. The number of carbonyl (C=O) groups excluding carboxylic acids is 2.